The van der Waals surface area contributed by atoms with Crippen LogP contribution in [0.3, 0.4) is 0 Å². The summed E-state index contributed by atoms with van der Waals surface area (Å²) in [5.41, 5.74) is 2.14. The number of hydrogen-bond donors (Lipinski definition) is 1. The van der Waals surface area contributed by atoms with Crippen molar-refractivity contribution in [3.05, 3.63) is 52.3 Å². The lowest BCUT2D eigenvalue weighted by molar-refractivity contribution is 0.352. The van der Waals surface area contributed by atoms with E-state index in [2.05, 4.69) is 26.2 Å². The Balaban J connectivity index is 0.00000220. The maximum absolute atomic E-state index is 5.33. The fraction of sp³-hybridized carbons (Fsp3) is 0.267. The van der Waals surface area contributed by atoms with E-state index in [4.69, 9.17) is 9.47 Å². The first kappa shape index (κ1) is 17.8. The molecule has 2 rings (SSSR count). The van der Waals surface area contributed by atoms with Crippen LogP contribution in [0.1, 0.15) is 11.3 Å². The maximum Gasteiger partial charge on any atom is 0.174 e. The van der Waals surface area contributed by atoms with Crippen LogP contribution in [0, 0.1) is 0 Å². The average molecular weight is 374 g/mol. The highest BCUT2D eigenvalue weighted by Crippen LogP contribution is 2.36. The van der Waals surface area contributed by atoms with Crippen LogP contribution < -0.4 is 14.8 Å². The zero-order valence-electron chi connectivity index (χ0n) is 11.9. The van der Waals surface area contributed by atoms with Gasteiger partial charge in [-0.2, -0.15) is 0 Å². The Morgan fingerprint density at radius 1 is 1.14 bits per heavy atom. The molecule has 0 aliphatic heterocycles. The summed E-state index contributed by atoms with van der Waals surface area (Å²) < 4.78 is 11.5. The number of hydrogen-bond acceptors (Lipinski definition) is 4. The summed E-state index contributed by atoms with van der Waals surface area (Å²) in [4.78, 5) is 4.27. The van der Waals surface area contributed by atoms with Crippen LogP contribution >= 0.6 is 28.3 Å². The monoisotopic (exact) mass is 372 g/mol. The predicted molar refractivity (Wildman–Crippen MR) is 89.3 cm³/mol. The van der Waals surface area contributed by atoms with E-state index in [1.807, 2.05) is 30.3 Å². The van der Waals surface area contributed by atoms with Gasteiger partial charge in [0.2, 0.25) is 0 Å². The highest BCUT2D eigenvalue weighted by Gasteiger charge is 2.10. The molecule has 1 N–H and O–H groups in total. The molecule has 0 unspecified atom stereocenters. The summed E-state index contributed by atoms with van der Waals surface area (Å²) in [6.45, 7) is 1.46. The molecule has 1 heterocycles. The summed E-state index contributed by atoms with van der Waals surface area (Å²) in [7, 11) is 3.26. The minimum Gasteiger partial charge on any atom is -0.493 e. The van der Waals surface area contributed by atoms with Gasteiger partial charge in [0, 0.05) is 19.3 Å². The number of halogens is 2. The van der Waals surface area contributed by atoms with Gasteiger partial charge in [-0.3, -0.25) is 4.98 Å². The third-order valence-corrected chi connectivity index (χ3v) is 3.44. The van der Waals surface area contributed by atoms with E-state index in [1.165, 1.54) is 0 Å². The summed E-state index contributed by atoms with van der Waals surface area (Å²) in [6.07, 6.45) is 1.80. The van der Waals surface area contributed by atoms with Crippen LogP contribution in [-0.2, 0) is 13.1 Å². The molecule has 114 valence electrons. The quantitative estimate of drug-likeness (QED) is 0.840. The second-order valence-electron chi connectivity index (χ2n) is 4.24. The summed E-state index contributed by atoms with van der Waals surface area (Å²) in [5.74, 6) is 1.43. The number of aromatic nitrogens is 1. The Labute approximate surface area is 139 Å². The molecule has 2 aromatic rings. The van der Waals surface area contributed by atoms with Crippen molar-refractivity contribution < 1.29 is 9.47 Å². The van der Waals surface area contributed by atoms with E-state index in [-0.39, 0.29) is 12.4 Å². The molecule has 1 aromatic heterocycles. The van der Waals surface area contributed by atoms with Gasteiger partial charge in [0.05, 0.1) is 24.4 Å². The molecule has 0 aliphatic rings. The minimum absolute atomic E-state index is 0. The second kappa shape index (κ2) is 8.87. The van der Waals surface area contributed by atoms with E-state index in [0.29, 0.717) is 5.75 Å². The predicted octanol–water partition coefficient (Wildman–Crippen LogP) is 3.57. The van der Waals surface area contributed by atoms with Crippen molar-refractivity contribution in [2.75, 3.05) is 14.2 Å². The lowest BCUT2D eigenvalue weighted by Crippen LogP contribution is -2.13. The Hall–Kier alpha value is -1.30. The molecule has 0 fully saturated rings. The summed E-state index contributed by atoms with van der Waals surface area (Å²) >= 11 is 3.49. The van der Waals surface area contributed by atoms with Crippen molar-refractivity contribution in [1.29, 1.82) is 0 Å². The number of rotatable bonds is 6. The molecular weight excluding hydrogens is 356 g/mol. The number of pyridine rings is 1. The van der Waals surface area contributed by atoms with Gasteiger partial charge in [-0.1, -0.05) is 6.07 Å². The lowest BCUT2D eigenvalue weighted by atomic mass is 10.2. The lowest BCUT2D eigenvalue weighted by Gasteiger charge is -2.12. The molecule has 0 atom stereocenters. The first-order valence-corrected chi connectivity index (χ1v) is 7.05. The number of methoxy groups -OCH3 is 2. The molecule has 4 nitrogen and oxygen atoms in total. The standard InChI is InChI=1S/C15H17BrN2O2.ClH/c1-19-14-8-11(7-13(16)15(14)20-2)9-17-10-12-5-3-4-6-18-12;/h3-8,17H,9-10H2,1-2H3;1H. The minimum atomic E-state index is 0. The number of nitrogens with zero attached hydrogens (tertiary/aromatic N) is 1. The first-order valence-electron chi connectivity index (χ1n) is 6.25. The van der Waals surface area contributed by atoms with Crippen molar-refractivity contribution >= 4 is 28.3 Å². The topological polar surface area (TPSA) is 43.4 Å². The summed E-state index contributed by atoms with van der Waals surface area (Å²) in [5, 5.41) is 3.35. The largest absolute Gasteiger partial charge is 0.493 e. The molecule has 0 bridgehead atoms. The molecule has 0 saturated heterocycles. The Morgan fingerprint density at radius 2 is 1.95 bits per heavy atom. The van der Waals surface area contributed by atoms with Crippen molar-refractivity contribution in [2.24, 2.45) is 0 Å². The van der Waals surface area contributed by atoms with Gasteiger partial charge in [0.25, 0.3) is 0 Å². The third kappa shape index (κ3) is 4.88. The molecule has 0 aliphatic carbocycles. The Kier molecular flexibility index (Phi) is 7.50. The van der Waals surface area contributed by atoms with Gasteiger partial charge >= 0.3 is 0 Å². The Morgan fingerprint density at radius 3 is 2.57 bits per heavy atom. The van der Waals surface area contributed by atoms with Crippen molar-refractivity contribution in [1.82, 2.24) is 10.3 Å². The highest BCUT2D eigenvalue weighted by molar-refractivity contribution is 9.10. The van der Waals surface area contributed by atoms with Gasteiger partial charge in [0.15, 0.2) is 11.5 Å². The van der Waals surface area contributed by atoms with Gasteiger partial charge < -0.3 is 14.8 Å². The van der Waals surface area contributed by atoms with Gasteiger partial charge in [-0.05, 0) is 45.8 Å². The summed E-state index contributed by atoms with van der Waals surface area (Å²) in [6, 6.07) is 9.88. The van der Waals surface area contributed by atoms with Crippen LogP contribution in [0.2, 0.25) is 0 Å². The fourth-order valence-corrected chi connectivity index (χ4v) is 2.56. The molecule has 0 saturated carbocycles. The van der Waals surface area contributed by atoms with Gasteiger partial charge in [-0.15, -0.1) is 12.4 Å². The van der Waals surface area contributed by atoms with Gasteiger partial charge in [0.1, 0.15) is 0 Å². The van der Waals surface area contributed by atoms with Crippen molar-refractivity contribution in [3.8, 4) is 11.5 Å². The second-order valence-corrected chi connectivity index (χ2v) is 5.09. The zero-order chi connectivity index (χ0) is 14.4. The third-order valence-electron chi connectivity index (χ3n) is 2.85. The van der Waals surface area contributed by atoms with E-state index in [9.17, 15) is 0 Å². The van der Waals surface area contributed by atoms with Crippen LogP contribution in [0.5, 0.6) is 11.5 Å². The smallest absolute Gasteiger partial charge is 0.174 e. The molecule has 0 spiro atoms. The van der Waals surface area contributed by atoms with E-state index < -0.39 is 0 Å². The number of benzene rings is 1. The van der Waals surface area contributed by atoms with E-state index in [1.54, 1.807) is 20.4 Å². The van der Waals surface area contributed by atoms with E-state index >= 15 is 0 Å². The molecule has 6 heteroatoms. The van der Waals surface area contributed by atoms with Crippen LogP contribution in [0.25, 0.3) is 0 Å². The average Bonchev–Trinajstić information content (AvgIpc) is 2.47. The van der Waals surface area contributed by atoms with E-state index in [0.717, 1.165) is 34.6 Å². The van der Waals surface area contributed by atoms with Crippen molar-refractivity contribution in [2.45, 2.75) is 13.1 Å². The maximum atomic E-state index is 5.33. The van der Waals surface area contributed by atoms with Crippen LogP contribution in [-0.4, -0.2) is 19.2 Å². The molecule has 1 aromatic carbocycles. The number of nitrogens with one attached hydrogen (secondary N) is 1. The fourth-order valence-electron chi connectivity index (χ4n) is 1.91. The molecule has 21 heavy (non-hydrogen) atoms. The molecule has 0 radical (unpaired) electrons. The molecular formula is C15H18BrClN2O2. The highest BCUT2D eigenvalue weighted by atomic mass is 79.9. The first-order chi connectivity index (χ1) is 9.74. The molecule has 0 amide bonds. The Bertz CT molecular complexity index is 567. The van der Waals surface area contributed by atoms with Crippen LogP contribution in [0.15, 0.2) is 41.0 Å². The van der Waals surface area contributed by atoms with Gasteiger partial charge in [-0.25, -0.2) is 0 Å². The SMILES string of the molecule is COc1cc(CNCc2ccccn2)cc(Br)c1OC.Cl. The van der Waals surface area contributed by atoms with Crippen LogP contribution in [0.4, 0.5) is 0 Å². The zero-order valence-corrected chi connectivity index (χ0v) is 14.3. The van der Waals surface area contributed by atoms with Crippen molar-refractivity contribution in [3.63, 3.8) is 0 Å². The number of ether oxygens (including phenoxy) is 2. The normalized spacial score (nSPS) is 9.86.